The van der Waals surface area contributed by atoms with E-state index in [1.54, 1.807) is 25.4 Å². The molecule has 3 rings (SSSR count). The van der Waals surface area contributed by atoms with E-state index in [0.29, 0.717) is 30.5 Å². The maximum Gasteiger partial charge on any atom is 0.213 e. The Bertz CT molecular complexity index is 724. The van der Waals surface area contributed by atoms with E-state index < -0.39 is 6.10 Å². The third-order valence-corrected chi connectivity index (χ3v) is 4.29. The molecular formula is C19H23FN4O2. The second kappa shape index (κ2) is 8.62. The van der Waals surface area contributed by atoms with Crippen LogP contribution in [0, 0.1) is 5.82 Å². The summed E-state index contributed by atoms with van der Waals surface area (Å²) in [5, 5.41) is 13.4. The van der Waals surface area contributed by atoms with Gasteiger partial charge in [-0.05, 0) is 23.8 Å². The Morgan fingerprint density at radius 1 is 1.38 bits per heavy atom. The van der Waals surface area contributed by atoms with Gasteiger partial charge < -0.3 is 20.1 Å². The molecule has 1 fully saturated rings. The van der Waals surface area contributed by atoms with E-state index in [1.165, 1.54) is 12.1 Å². The Kier molecular flexibility index (Phi) is 6.01. The fourth-order valence-corrected chi connectivity index (χ4v) is 2.93. The fourth-order valence-electron chi connectivity index (χ4n) is 2.93. The van der Waals surface area contributed by atoms with Crippen LogP contribution < -0.4 is 10.1 Å². The van der Waals surface area contributed by atoms with Crippen molar-refractivity contribution in [3.05, 3.63) is 60.0 Å². The van der Waals surface area contributed by atoms with E-state index in [1.807, 2.05) is 18.2 Å². The summed E-state index contributed by atoms with van der Waals surface area (Å²) in [6.07, 6.45) is 1.89. The number of aliphatic hydroxyl groups excluding tert-OH is 1. The molecular weight excluding hydrogens is 335 g/mol. The Labute approximate surface area is 152 Å². The van der Waals surface area contributed by atoms with E-state index >= 15 is 0 Å². The first-order valence-electron chi connectivity index (χ1n) is 8.62. The number of nitrogens with zero attached hydrogens (tertiary/aromatic N) is 3. The molecule has 2 aromatic rings. The molecule has 0 spiro atoms. The zero-order valence-corrected chi connectivity index (χ0v) is 14.7. The van der Waals surface area contributed by atoms with Crippen LogP contribution in [-0.4, -0.2) is 53.7 Å². The standard InChI is InChI=1S/C19H23FN4O2/c1-21-19(23-12-17(25)14-5-7-15(20)8-6-14)24-11-9-16(13-24)26-18-4-2-3-10-22-18/h2-8,10,16-17,25H,9,11-13H2,1H3,(H,21,23). The zero-order valence-electron chi connectivity index (χ0n) is 14.7. The average molecular weight is 358 g/mol. The number of nitrogens with one attached hydrogen (secondary N) is 1. The molecule has 1 aliphatic rings. The van der Waals surface area contributed by atoms with E-state index in [-0.39, 0.29) is 11.9 Å². The van der Waals surface area contributed by atoms with Crippen LogP contribution in [0.15, 0.2) is 53.7 Å². The number of aliphatic hydroxyl groups is 1. The number of rotatable bonds is 5. The number of aliphatic imine (C=N–C) groups is 1. The van der Waals surface area contributed by atoms with Crippen LogP contribution in [-0.2, 0) is 0 Å². The molecule has 2 heterocycles. The summed E-state index contributed by atoms with van der Waals surface area (Å²) in [5.74, 6) is 1.01. The van der Waals surface area contributed by atoms with Crippen LogP contribution in [0.25, 0.3) is 0 Å². The van der Waals surface area contributed by atoms with Crippen molar-refractivity contribution in [1.82, 2.24) is 15.2 Å². The van der Waals surface area contributed by atoms with Gasteiger partial charge in [0.2, 0.25) is 5.88 Å². The van der Waals surface area contributed by atoms with Gasteiger partial charge in [-0.3, -0.25) is 4.99 Å². The van der Waals surface area contributed by atoms with Gasteiger partial charge in [-0.25, -0.2) is 9.37 Å². The summed E-state index contributed by atoms with van der Waals surface area (Å²) >= 11 is 0. The molecule has 0 radical (unpaired) electrons. The van der Waals surface area contributed by atoms with Crippen molar-refractivity contribution in [3.63, 3.8) is 0 Å². The number of hydrogen-bond donors (Lipinski definition) is 2. The van der Waals surface area contributed by atoms with Gasteiger partial charge >= 0.3 is 0 Å². The lowest BCUT2D eigenvalue weighted by Crippen LogP contribution is -2.42. The van der Waals surface area contributed by atoms with Crippen molar-refractivity contribution in [2.24, 2.45) is 4.99 Å². The van der Waals surface area contributed by atoms with Crippen molar-refractivity contribution in [2.75, 3.05) is 26.7 Å². The predicted molar refractivity (Wildman–Crippen MR) is 97.6 cm³/mol. The maximum atomic E-state index is 13.0. The first kappa shape index (κ1) is 18.1. The minimum atomic E-state index is -0.740. The third-order valence-electron chi connectivity index (χ3n) is 4.29. The van der Waals surface area contributed by atoms with E-state index in [0.717, 1.165) is 13.0 Å². The molecule has 0 aliphatic carbocycles. The number of hydrogen-bond acceptors (Lipinski definition) is 4. The largest absolute Gasteiger partial charge is 0.472 e. The van der Waals surface area contributed by atoms with E-state index in [9.17, 15) is 9.50 Å². The van der Waals surface area contributed by atoms with Crippen LogP contribution in [0.3, 0.4) is 0 Å². The van der Waals surface area contributed by atoms with Gasteiger partial charge in [-0.1, -0.05) is 18.2 Å². The molecule has 1 saturated heterocycles. The van der Waals surface area contributed by atoms with Crippen molar-refractivity contribution in [3.8, 4) is 5.88 Å². The van der Waals surface area contributed by atoms with Gasteiger partial charge in [0, 0.05) is 38.8 Å². The number of pyridine rings is 1. The highest BCUT2D eigenvalue weighted by Crippen LogP contribution is 2.17. The van der Waals surface area contributed by atoms with Gasteiger partial charge in [-0.2, -0.15) is 0 Å². The van der Waals surface area contributed by atoms with E-state index in [4.69, 9.17) is 4.74 Å². The zero-order chi connectivity index (χ0) is 18.4. The number of likely N-dealkylation sites (tertiary alicyclic amines) is 1. The van der Waals surface area contributed by atoms with Crippen LogP contribution in [0.1, 0.15) is 18.1 Å². The highest BCUT2D eigenvalue weighted by molar-refractivity contribution is 5.80. The van der Waals surface area contributed by atoms with Gasteiger partial charge in [0.25, 0.3) is 0 Å². The summed E-state index contributed by atoms with van der Waals surface area (Å²) in [5.41, 5.74) is 0.659. The normalized spacial score (nSPS) is 18.7. The second-order valence-corrected chi connectivity index (χ2v) is 6.14. The Hall–Kier alpha value is -2.67. The number of ether oxygens (including phenoxy) is 1. The maximum absolute atomic E-state index is 13.0. The minimum Gasteiger partial charge on any atom is -0.472 e. The smallest absolute Gasteiger partial charge is 0.213 e. The summed E-state index contributed by atoms with van der Waals surface area (Å²) in [6.45, 7) is 1.80. The molecule has 0 bridgehead atoms. The Morgan fingerprint density at radius 3 is 2.88 bits per heavy atom. The highest BCUT2D eigenvalue weighted by atomic mass is 19.1. The summed E-state index contributed by atoms with van der Waals surface area (Å²) in [4.78, 5) is 10.6. The number of aromatic nitrogens is 1. The second-order valence-electron chi connectivity index (χ2n) is 6.14. The summed E-state index contributed by atoms with van der Waals surface area (Å²) in [6, 6.07) is 11.4. The fraction of sp³-hybridized carbons (Fsp3) is 0.368. The van der Waals surface area contributed by atoms with Gasteiger partial charge in [-0.15, -0.1) is 0 Å². The van der Waals surface area contributed by atoms with Crippen LogP contribution >= 0.6 is 0 Å². The Morgan fingerprint density at radius 2 is 2.19 bits per heavy atom. The van der Waals surface area contributed by atoms with Crippen molar-refractivity contribution in [2.45, 2.75) is 18.6 Å². The van der Waals surface area contributed by atoms with Crippen molar-refractivity contribution >= 4 is 5.96 Å². The number of benzene rings is 1. The first-order valence-corrected chi connectivity index (χ1v) is 8.62. The molecule has 138 valence electrons. The molecule has 1 aromatic heterocycles. The Balaban J connectivity index is 1.50. The lowest BCUT2D eigenvalue weighted by Gasteiger charge is -2.23. The molecule has 0 saturated carbocycles. The lowest BCUT2D eigenvalue weighted by atomic mass is 10.1. The van der Waals surface area contributed by atoms with Gasteiger partial charge in [0.05, 0.1) is 12.6 Å². The number of guanidine groups is 1. The van der Waals surface area contributed by atoms with Gasteiger partial charge in [0.15, 0.2) is 5.96 Å². The minimum absolute atomic E-state index is 0.0467. The molecule has 0 amide bonds. The first-order chi connectivity index (χ1) is 12.7. The van der Waals surface area contributed by atoms with Crippen molar-refractivity contribution < 1.29 is 14.2 Å². The van der Waals surface area contributed by atoms with Crippen LogP contribution in [0.5, 0.6) is 5.88 Å². The lowest BCUT2D eigenvalue weighted by molar-refractivity contribution is 0.179. The SMILES string of the molecule is CN=C(NCC(O)c1ccc(F)cc1)N1CCC(Oc2ccccn2)C1. The monoisotopic (exact) mass is 358 g/mol. The quantitative estimate of drug-likeness (QED) is 0.632. The van der Waals surface area contributed by atoms with E-state index in [2.05, 4.69) is 20.2 Å². The molecule has 1 aliphatic heterocycles. The molecule has 6 nitrogen and oxygen atoms in total. The van der Waals surface area contributed by atoms with Gasteiger partial charge in [0.1, 0.15) is 11.9 Å². The van der Waals surface area contributed by atoms with Crippen LogP contribution in [0.4, 0.5) is 4.39 Å². The number of halogens is 1. The average Bonchev–Trinajstić information content (AvgIpc) is 3.12. The molecule has 2 N–H and O–H groups in total. The summed E-state index contributed by atoms with van der Waals surface area (Å²) < 4.78 is 18.9. The third kappa shape index (κ3) is 4.70. The molecule has 2 unspecified atom stereocenters. The molecule has 26 heavy (non-hydrogen) atoms. The predicted octanol–water partition coefficient (Wildman–Crippen LogP) is 1.98. The highest BCUT2D eigenvalue weighted by Gasteiger charge is 2.26. The molecule has 2 atom stereocenters. The van der Waals surface area contributed by atoms with Crippen LogP contribution in [0.2, 0.25) is 0 Å². The topological polar surface area (TPSA) is 70.0 Å². The summed E-state index contributed by atoms with van der Waals surface area (Å²) in [7, 11) is 1.71. The molecule has 7 heteroatoms. The van der Waals surface area contributed by atoms with Crippen molar-refractivity contribution in [1.29, 1.82) is 0 Å². The molecule has 1 aromatic carbocycles.